The molecule has 5 rings (SSSR count). The van der Waals surface area contributed by atoms with E-state index in [1.807, 2.05) is 6.92 Å². The summed E-state index contributed by atoms with van der Waals surface area (Å²) in [5, 5.41) is 13.5. The standard InChI is InChI=1S/C26H36FN3O/c1-16-8-11-26(27)19(12-16)4-5-20-21-6-7-23(25(21,3)10-9-22(20)26)24(31)15-30-17(2)18(13-28)14-29-30/h14,16,19-23H,4-12,15H2,1-3H3/t16-,19+,20-,21-,22-,23+,25-,26+/m0/s1. The Labute approximate surface area is 185 Å². The van der Waals surface area contributed by atoms with E-state index >= 15 is 4.39 Å². The van der Waals surface area contributed by atoms with E-state index < -0.39 is 5.67 Å². The van der Waals surface area contributed by atoms with E-state index in [2.05, 4.69) is 25.0 Å². The first kappa shape index (κ1) is 21.2. The highest BCUT2D eigenvalue weighted by molar-refractivity contribution is 5.82. The number of fused-ring (bicyclic) bond motifs is 5. The number of Topliss-reactive ketones (excluding diaryl/α,β-unsaturated/α-hetero) is 1. The molecule has 4 aliphatic rings. The summed E-state index contributed by atoms with van der Waals surface area (Å²) in [7, 11) is 0. The Morgan fingerprint density at radius 1 is 1.23 bits per heavy atom. The van der Waals surface area contributed by atoms with Crippen LogP contribution in [0.3, 0.4) is 0 Å². The molecule has 168 valence electrons. The molecule has 4 nitrogen and oxygen atoms in total. The summed E-state index contributed by atoms with van der Waals surface area (Å²) in [5.74, 6) is 2.33. The lowest BCUT2D eigenvalue weighted by molar-refractivity contribution is -0.146. The van der Waals surface area contributed by atoms with Crippen molar-refractivity contribution in [2.75, 3.05) is 0 Å². The highest BCUT2D eigenvalue weighted by Crippen LogP contribution is 2.66. The van der Waals surface area contributed by atoms with Crippen LogP contribution in [0.5, 0.6) is 0 Å². The number of rotatable bonds is 3. The summed E-state index contributed by atoms with van der Waals surface area (Å²) in [4.78, 5) is 13.4. The van der Waals surface area contributed by atoms with Crippen LogP contribution in [0.4, 0.5) is 4.39 Å². The van der Waals surface area contributed by atoms with Gasteiger partial charge in [-0.1, -0.05) is 13.8 Å². The Morgan fingerprint density at radius 3 is 2.77 bits per heavy atom. The molecule has 4 fully saturated rings. The zero-order valence-corrected chi connectivity index (χ0v) is 19.2. The van der Waals surface area contributed by atoms with Gasteiger partial charge in [-0.15, -0.1) is 0 Å². The average molecular weight is 426 g/mol. The highest BCUT2D eigenvalue weighted by atomic mass is 19.1. The van der Waals surface area contributed by atoms with E-state index in [0.717, 1.165) is 63.5 Å². The highest BCUT2D eigenvalue weighted by Gasteiger charge is 2.62. The Kier molecular flexibility index (Phi) is 5.07. The maximum atomic E-state index is 16.4. The molecule has 0 radical (unpaired) electrons. The van der Waals surface area contributed by atoms with Crippen LogP contribution >= 0.6 is 0 Å². The molecule has 0 saturated heterocycles. The molecular formula is C26H36FN3O. The van der Waals surface area contributed by atoms with E-state index in [0.29, 0.717) is 23.3 Å². The van der Waals surface area contributed by atoms with Gasteiger partial charge in [0.2, 0.25) is 0 Å². The molecule has 8 atom stereocenters. The number of hydrogen-bond donors (Lipinski definition) is 0. The summed E-state index contributed by atoms with van der Waals surface area (Å²) >= 11 is 0. The van der Waals surface area contributed by atoms with Crippen molar-refractivity contribution in [1.82, 2.24) is 9.78 Å². The SMILES string of the molecule is Cc1c(C#N)cnn1CC(=O)[C@H]1CC[C@H]2[C@@H]3CC[C@@H]4C[C@@H](C)CC[C@]4(F)[C@H]3CC[C@]12C. The summed E-state index contributed by atoms with van der Waals surface area (Å²) in [6.45, 7) is 6.71. The van der Waals surface area contributed by atoms with Crippen LogP contribution in [0, 0.1) is 59.2 Å². The summed E-state index contributed by atoms with van der Waals surface area (Å²) in [6, 6.07) is 2.14. The molecule has 1 heterocycles. The second-order valence-corrected chi connectivity index (χ2v) is 11.5. The number of carbonyl (C=O) groups excluding carboxylic acids is 1. The molecule has 0 aliphatic heterocycles. The van der Waals surface area contributed by atoms with Crippen LogP contribution in [-0.2, 0) is 11.3 Å². The zero-order chi connectivity index (χ0) is 22.0. The number of halogens is 1. The molecule has 4 saturated carbocycles. The molecule has 0 unspecified atom stereocenters. The normalized spacial score (nSPS) is 44.1. The van der Waals surface area contributed by atoms with E-state index in [1.165, 1.54) is 0 Å². The second kappa shape index (κ2) is 7.42. The second-order valence-electron chi connectivity index (χ2n) is 11.5. The molecule has 0 N–H and O–H groups in total. The minimum Gasteiger partial charge on any atom is -0.297 e. The number of carbonyl (C=O) groups is 1. The molecule has 4 aliphatic carbocycles. The molecule has 0 bridgehead atoms. The van der Waals surface area contributed by atoms with Crippen LogP contribution in [0.1, 0.15) is 82.9 Å². The number of ketones is 1. The first-order valence-corrected chi connectivity index (χ1v) is 12.4. The first-order chi connectivity index (χ1) is 14.8. The van der Waals surface area contributed by atoms with Gasteiger partial charge in [0.05, 0.1) is 17.5 Å². The lowest BCUT2D eigenvalue weighted by Gasteiger charge is -2.58. The maximum absolute atomic E-state index is 16.4. The van der Waals surface area contributed by atoms with Crippen LogP contribution in [0.2, 0.25) is 0 Å². The van der Waals surface area contributed by atoms with Crippen molar-refractivity contribution in [1.29, 1.82) is 5.26 Å². The summed E-state index contributed by atoms with van der Waals surface area (Å²) in [6.07, 6.45) is 10.5. The molecular weight excluding hydrogens is 389 g/mol. The number of alkyl halides is 1. The zero-order valence-electron chi connectivity index (χ0n) is 19.2. The fourth-order valence-electron chi connectivity index (χ4n) is 8.50. The third kappa shape index (κ3) is 3.11. The first-order valence-electron chi connectivity index (χ1n) is 12.4. The van der Waals surface area contributed by atoms with E-state index in [9.17, 15) is 10.1 Å². The van der Waals surface area contributed by atoms with Gasteiger partial charge < -0.3 is 0 Å². The number of nitrogens with zero attached hydrogens (tertiary/aromatic N) is 3. The third-order valence-electron chi connectivity index (χ3n) is 10.2. The van der Waals surface area contributed by atoms with Gasteiger partial charge in [-0.05, 0) is 99.7 Å². The monoisotopic (exact) mass is 425 g/mol. The van der Waals surface area contributed by atoms with Gasteiger partial charge in [-0.3, -0.25) is 9.48 Å². The minimum absolute atomic E-state index is 0.0114. The third-order valence-corrected chi connectivity index (χ3v) is 10.2. The Morgan fingerprint density at radius 2 is 2.03 bits per heavy atom. The number of aromatic nitrogens is 2. The summed E-state index contributed by atoms with van der Waals surface area (Å²) in [5.41, 5.74) is 0.334. The fraction of sp³-hybridized carbons (Fsp3) is 0.808. The smallest absolute Gasteiger partial charge is 0.157 e. The summed E-state index contributed by atoms with van der Waals surface area (Å²) < 4.78 is 18.1. The minimum atomic E-state index is -0.960. The van der Waals surface area contributed by atoms with Crippen molar-refractivity contribution in [3.8, 4) is 6.07 Å². The largest absolute Gasteiger partial charge is 0.297 e. The van der Waals surface area contributed by atoms with Gasteiger partial charge in [-0.25, -0.2) is 4.39 Å². The Hall–Kier alpha value is -1.70. The lowest BCUT2D eigenvalue weighted by atomic mass is 9.48. The van der Waals surface area contributed by atoms with Crippen molar-refractivity contribution < 1.29 is 9.18 Å². The predicted octanol–water partition coefficient (Wildman–Crippen LogP) is 5.63. The molecule has 1 aromatic rings. The molecule has 5 heteroatoms. The van der Waals surface area contributed by atoms with E-state index in [-0.39, 0.29) is 35.5 Å². The molecule has 0 spiro atoms. The number of nitriles is 1. The lowest BCUT2D eigenvalue weighted by Crippen LogP contribution is -2.56. The van der Waals surface area contributed by atoms with Crippen LogP contribution in [-0.4, -0.2) is 21.2 Å². The van der Waals surface area contributed by atoms with Gasteiger partial charge in [0.25, 0.3) is 0 Å². The molecule has 31 heavy (non-hydrogen) atoms. The molecule has 1 aromatic heterocycles. The molecule has 0 aromatic carbocycles. The van der Waals surface area contributed by atoms with Gasteiger partial charge in [-0.2, -0.15) is 10.4 Å². The van der Waals surface area contributed by atoms with Gasteiger partial charge in [0.15, 0.2) is 5.78 Å². The van der Waals surface area contributed by atoms with Crippen molar-refractivity contribution in [2.45, 2.75) is 90.8 Å². The Balaban J connectivity index is 1.35. The quantitative estimate of drug-likeness (QED) is 0.631. The average Bonchev–Trinajstić information content (AvgIpc) is 3.28. The fourth-order valence-corrected chi connectivity index (χ4v) is 8.50. The Bertz CT molecular complexity index is 918. The van der Waals surface area contributed by atoms with Gasteiger partial charge in [0, 0.05) is 5.92 Å². The van der Waals surface area contributed by atoms with Crippen LogP contribution in [0.25, 0.3) is 0 Å². The van der Waals surface area contributed by atoms with Crippen molar-refractivity contribution in [3.63, 3.8) is 0 Å². The van der Waals surface area contributed by atoms with Crippen LogP contribution in [0.15, 0.2) is 6.20 Å². The van der Waals surface area contributed by atoms with E-state index in [4.69, 9.17) is 0 Å². The maximum Gasteiger partial charge on any atom is 0.157 e. The predicted molar refractivity (Wildman–Crippen MR) is 117 cm³/mol. The van der Waals surface area contributed by atoms with Crippen molar-refractivity contribution in [2.24, 2.45) is 40.9 Å². The van der Waals surface area contributed by atoms with Crippen LogP contribution < -0.4 is 0 Å². The van der Waals surface area contributed by atoms with Gasteiger partial charge >= 0.3 is 0 Å². The van der Waals surface area contributed by atoms with Gasteiger partial charge in [0.1, 0.15) is 18.3 Å². The van der Waals surface area contributed by atoms with Crippen molar-refractivity contribution in [3.05, 3.63) is 17.5 Å². The molecule has 0 amide bonds. The van der Waals surface area contributed by atoms with E-state index in [1.54, 1.807) is 10.9 Å². The number of hydrogen-bond acceptors (Lipinski definition) is 3. The topological polar surface area (TPSA) is 58.7 Å². The van der Waals surface area contributed by atoms with Crippen molar-refractivity contribution >= 4 is 5.78 Å².